The molecule has 1 rings (SSSR count). The number of carbonyl (C=O) groups is 2. The van der Waals surface area contributed by atoms with Gasteiger partial charge in [0.2, 0.25) is 0 Å². The Morgan fingerprint density at radius 3 is 2.19 bits per heavy atom. The number of benzene rings is 1. The highest BCUT2D eigenvalue weighted by Gasteiger charge is 2.09. The van der Waals surface area contributed by atoms with Crippen LogP contribution < -0.4 is 4.74 Å². The van der Waals surface area contributed by atoms with Crippen LogP contribution in [-0.4, -0.2) is 11.8 Å². The lowest BCUT2D eigenvalue weighted by Crippen LogP contribution is -2.14. The van der Waals surface area contributed by atoms with Crippen LogP contribution in [0.25, 0.3) is 0 Å². The molecule has 0 amide bonds. The predicted molar refractivity (Wildman–Crippen MR) is 61.3 cm³/mol. The minimum absolute atomic E-state index is 0.118. The Kier molecular flexibility index (Phi) is 4.23. The van der Waals surface area contributed by atoms with Crippen molar-refractivity contribution in [2.45, 2.75) is 27.2 Å². The number of hydrogen-bond acceptors (Lipinski definition) is 3. The highest BCUT2D eigenvalue weighted by Crippen LogP contribution is 2.14. The maximum atomic E-state index is 11.3. The summed E-state index contributed by atoms with van der Waals surface area (Å²) in [5.74, 6) is 0.245. The largest absolute Gasteiger partial charge is 0.426 e. The van der Waals surface area contributed by atoms with E-state index < -0.39 is 0 Å². The molecule has 0 unspecified atom stereocenters. The molecule has 3 heteroatoms. The fourth-order valence-corrected chi connectivity index (χ4v) is 1.20. The van der Waals surface area contributed by atoms with E-state index in [4.69, 9.17) is 4.74 Å². The maximum absolute atomic E-state index is 11.3. The van der Waals surface area contributed by atoms with Crippen LogP contribution in [0.4, 0.5) is 0 Å². The zero-order valence-electron chi connectivity index (χ0n) is 9.82. The molecule has 0 atom stereocenters. The lowest BCUT2D eigenvalue weighted by atomic mass is 10.1. The summed E-state index contributed by atoms with van der Waals surface area (Å²) in [7, 11) is 0. The van der Waals surface area contributed by atoms with Gasteiger partial charge in [-0.15, -0.1) is 0 Å². The van der Waals surface area contributed by atoms with Gasteiger partial charge in [-0.05, 0) is 24.6 Å². The standard InChI is InChI=1S/C13H16O3/c1-9(2)13(15)16-12-6-4-11(5-7-12)8-10(3)14/h4-7,9H,8H2,1-3H3. The number of hydrogen-bond donors (Lipinski definition) is 0. The number of carbonyl (C=O) groups excluding carboxylic acids is 2. The number of ether oxygens (including phenoxy) is 1. The molecule has 0 aromatic heterocycles. The molecule has 0 aliphatic heterocycles. The number of Topliss-reactive ketones (excluding diaryl/α,β-unsaturated/α-hetero) is 1. The van der Waals surface area contributed by atoms with Crippen molar-refractivity contribution in [3.63, 3.8) is 0 Å². The quantitative estimate of drug-likeness (QED) is 0.578. The molecule has 0 radical (unpaired) electrons. The third-order valence-corrected chi connectivity index (χ3v) is 2.07. The van der Waals surface area contributed by atoms with Gasteiger partial charge in [0, 0.05) is 6.42 Å². The Balaban J connectivity index is 2.64. The fraction of sp³-hybridized carbons (Fsp3) is 0.385. The Labute approximate surface area is 95.4 Å². The summed E-state index contributed by atoms with van der Waals surface area (Å²) in [5, 5.41) is 0. The van der Waals surface area contributed by atoms with Crippen molar-refractivity contribution in [3.05, 3.63) is 29.8 Å². The molecule has 0 aliphatic carbocycles. The summed E-state index contributed by atoms with van der Waals surface area (Å²) >= 11 is 0. The number of ketones is 1. The summed E-state index contributed by atoms with van der Waals surface area (Å²) in [4.78, 5) is 22.2. The van der Waals surface area contributed by atoms with Crippen LogP contribution in [-0.2, 0) is 16.0 Å². The average Bonchev–Trinajstić information content (AvgIpc) is 2.20. The molecule has 0 heterocycles. The Morgan fingerprint density at radius 2 is 1.75 bits per heavy atom. The molecule has 3 nitrogen and oxygen atoms in total. The Bertz CT molecular complexity index is 377. The van der Waals surface area contributed by atoms with Crippen LogP contribution in [0.3, 0.4) is 0 Å². The van der Waals surface area contributed by atoms with Gasteiger partial charge in [-0.3, -0.25) is 9.59 Å². The van der Waals surface area contributed by atoms with Crippen molar-refractivity contribution in [2.75, 3.05) is 0 Å². The van der Waals surface area contributed by atoms with Crippen molar-refractivity contribution in [1.29, 1.82) is 0 Å². The maximum Gasteiger partial charge on any atom is 0.313 e. The van der Waals surface area contributed by atoms with Gasteiger partial charge in [0.15, 0.2) is 0 Å². The molecular formula is C13H16O3. The van der Waals surface area contributed by atoms with Gasteiger partial charge in [-0.2, -0.15) is 0 Å². The van der Waals surface area contributed by atoms with Crippen LogP contribution in [0.2, 0.25) is 0 Å². The van der Waals surface area contributed by atoms with Crippen LogP contribution in [0.15, 0.2) is 24.3 Å². The van der Waals surface area contributed by atoms with Gasteiger partial charge < -0.3 is 4.74 Å². The third kappa shape index (κ3) is 3.85. The van der Waals surface area contributed by atoms with E-state index >= 15 is 0 Å². The number of rotatable bonds is 4. The first-order valence-corrected chi connectivity index (χ1v) is 5.29. The zero-order chi connectivity index (χ0) is 12.1. The van der Waals surface area contributed by atoms with Crippen molar-refractivity contribution in [2.24, 2.45) is 5.92 Å². The van der Waals surface area contributed by atoms with Crippen molar-refractivity contribution >= 4 is 11.8 Å². The van der Waals surface area contributed by atoms with Crippen LogP contribution >= 0.6 is 0 Å². The van der Waals surface area contributed by atoms with E-state index in [-0.39, 0.29) is 17.7 Å². The van der Waals surface area contributed by atoms with E-state index in [2.05, 4.69) is 0 Å². The van der Waals surface area contributed by atoms with Gasteiger partial charge in [0.05, 0.1) is 5.92 Å². The first-order chi connectivity index (χ1) is 7.49. The third-order valence-electron chi connectivity index (χ3n) is 2.07. The van der Waals surface area contributed by atoms with Gasteiger partial charge in [-0.1, -0.05) is 26.0 Å². The van der Waals surface area contributed by atoms with Crippen LogP contribution in [0.1, 0.15) is 26.3 Å². The van der Waals surface area contributed by atoms with Crippen molar-refractivity contribution in [1.82, 2.24) is 0 Å². The van der Waals surface area contributed by atoms with E-state index in [1.807, 2.05) is 0 Å². The van der Waals surface area contributed by atoms with E-state index in [0.717, 1.165) is 5.56 Å². The summed E-state index contributed by atoms with van der Waals surface area (Å²) < 4.78 is 5.11. The van der Waals surface area contributed by atoms with E-state index in [1.54, 1.807) is 45.0 Å². The van der Waals surface area contributed by atoms with Gasteiger partial charge in [-0.25, -0.2) is 0 Å². The molecule has 1 aromatic carbocycles. The van der Waals surface area contributed by atoms with E-state index in [9.17, 15) is 9.59 Å². The second kappa shape index (κ2) is 5.45. The Hall–Kier alpha value is -1.64. The molecule has 0 saturated carbocycles. The van der Waals surface area contributed by atoms with Crippen LogP contribution in [0, 0.1) is 5.92 Å². The van der Waals surface area contributed by atoms with Crippen molar-refractivity contribution < 1.29 is 14.3 Å². The molecule has 86 valence electrons. The molecule has 0 fully saturated rings. The normalized spacial score (nSPS) is 10.2. The van der Waals surface area contributed by atoms with E-state index in [0.29, 0.717) is 12.2 Å². The summed E-state index contributed by atoms with van der Waals surface area (Å²) in [5.41, 5.74) is 0.928. The summed E-state index contributed by atoms with van der Waals surface area (Å²) in [6, 6.07) is 7.01. The van der Waals surface area contributed by atoms with Crippen LogP contribution in [0.5, 0.6) is 5.75 Å². The summed E-state index contributed by atoms with van der Waals surface area (Å²) in [6.45, 7) is 5.12. The lowest BCUT2D eigenvalue weighted by Gasteiger charge is -2.06. The molecule has 0 aliphatic rings. The van der Waals surface area contributed by atoms with E-state index in [1.165, 1.54) is 0 Å². The van der Waals surface area contributed by atoms with Gasteiger partial charge >= 0.3 is 5.97 Å². The second-order valence-corrected chi connectivity index (χ2v) is 4.10. The van der Waals surface area contributed by atoms with Gasteiger partial charge in [0.1, 0.15) is 11.5 Å². The first-order valence-electron chi connectivity index (χ1n) is 5.29. The molecule has 0 spiro atoms. The fourth-order valence-electron chi connectivity index (χ4n) is 1.20. The molecule has 0 bridgehead atoms. The predicted octanol–water partition coefficient (Wildman–Crippen LogP) is 2.38. The molecule has 0 saturated heterocycles. The SMILES string of the molecule is CC(=O)Cc1ccc(OC(=O)C(C)C)cc1. The lowest BCUT2D eigenvalue weighted by molar-refractivity contribution is -0.137. The summed E-state index contributed by atoms with van der Waals surface area (Å²) in [6.07, 6.45) is 0.415. The minimum Gasteiger partial charge on any atom is -0.426 e. The smallest absolute Gasteiger partial charge is 0.313 e. The topological polar surface area (TPSA) is 43.4 Å². The zero-order valence-corrected chi connectivity index (χ0v) is 9.82. The average molecular weight is 220 g/mol. The molecule has 16 heavy (non-hydrogen) atoms. The molecular weight excluding hydrogens is 204 g/mol. The highest BCUT2D eigenvalue weighted by molar-refractivity contribution is 5.78. The highest BCUT2D eigenvalue weighted by atomic mass is 16.5. The molecule has 0 N–H and O–H groups in total. The van der Waals surface area contributed by atoms with Gasteiger partial charge in [0.25, 0.3) is 0 Å². The minimum atomic E-state index is -0.251. The Morgan fingerprint density at radius 1 is 1.19 bits per heavy atom. The monoisotopic (exact) mass is 220 g/mol. The molecule has 1 aromatic rings. The first kappa shape index (κ1) is 12.4. The second-order valence-electron chi connectivity index (χ2n) is 4.10. The van der Waals surface area contributed by atoms with Crippen molar-refractivity contribution in [3.8, 4) is 5.75 Å². The number of esters is 1.